The van der Waals surface area contributed by atoms with E-state index < -0.39 is 0 Å². The molecular weight excluding hydrogens is 254 g/mol. The van der Waals surface area contributed by atoms with Crippen molar-refractivity contribution in [3.05, 3.63) is 29.8 Å². The van der Waals surface area contributed by atoms with Crippen LogP contribution in [0.25, 0.3) is 0 Å². The van der Waals surface area contributed by atoms with Crippen LogP contribution in [0.5, 0.6) is 5.75 Å². The number of hydrogen-bond acceptors (Lipinski definition) is 4. The zero-order chi connectivity index (χ0) is 14.8. The molecule has 1 N–H and O–H groups in total. The molecule has 4 heteroatoms. The molecule has 1 aromatic carbocycles. The minimum atomic E-state index is 0.317. The van der Waals surface area contributed by atoms with Crippen LogP contribution in [0.4, 0.5) is 0 Å². The first-order valence-corrected chi connectivity index (χ1v) is 7.17. The third-order valence-corrected chi connectivity index (χ3v) is 3.47. The first-order chi connectivity index (χ1) is 9.67. The van der Waals surface area contributed by atoms with E-state index >= 15 is 0 Å². The van der Waals surface area contributed by atoms with E-state index in [2.05, 4.69) is 11.8 Å². The molecule has 0 aliphatic heterocycles. The predicted molar refractivity (Wildman–Crippen MR) is 81.2 cm³/mol. The highest BCUT2D eigenvalue weighted by atomic mass is 16.5. The maximum Gasteiger partial charge on any atom is 0.115 e. The van der Waals surface area contributed by atoms with E-state index in [1.165, 1.54) is 5.56 Å². The summed E-state index contributed by atoms with van der Waals surface area (Å²) in [5.41, 5.74) is 1.24. The van der Waals surface area contributed by atoms with Crippen LogP contribution in [0.1, 0.15) is 18.9 Å². The number of phenols is 1. The molecule has 0 amide bonds. The number of phenolic OH excluding ortho intramolecular Hbond substituents is 1. The number of aromatic hydroxyl groups is 1. The Hall–Kier alpha value is -1.10. The molecule has 0 aromatic heterocycles. The maximum atomic E-state index is 9.32. The molecule has 114 valence electrons. The van der Waals surface area contributed by atoms with E-state index in [9.17, 15) is 5.11 Å². The summed E-state index contributed by atoms with van der Waals surface area (Å²) in [6, 6.07) is 7.88. The summed E-state index contributed by atoms with van der Waals surface area (Å²) in [7, 11) is 3.47. The fraction of sp³-hybridized carbons (Fsp3) is 0.625. The Balaban J connectivity index is 2.51. The standard InChI is InChI=1S/C16H27NO3/c1-14(13-15-5-7-16(18)8-6-15)17(10-12-20-3)9-4-11-19-2/h5-8,14,18H,4,9-13H2,1-3H3. The van der Waals surface area contributed by atoms with E-state index in [0.29, 0.717) is 11.8 Å². The van der Waals surface area contributed by atoms with Crippen molar-refractivity contribution in [2.75, 3.05) is 40.5 Å². The van der Waals surface area contributed by atoms with Crippen molar-refractivity contribution in [1.29, 1.82) is 0 Å². The minimum Gasteiger partial charge on any atom is -0.508 e. The number of ether oxygens (including phenoxy) is 2. The minimum absolute atomic E-state index is 0.317. The van der Waals surface area contributed by atoms with Crippen LogP contribution in [0.2, 0.25) is 0 Å². The summed E-state index contributed by atoms with van der Waals surface area (Å²) in [5.74, 6) is 0.317. The average Bonchev–Trinajstić information content (AvgIpc) is 2.45. The van der Waals surface area contributed by atoms with Crippen LogP contribution in [0.3, 0.4) is 0 Å². The van der Waals surface area contributed by atoms with Crippen molar-refractivity contribution in [2.45, 2.75) is 25.8 Å². The Labute approximate surface area is 122 Å². The Morgan fingerprint density at radius 2 is 1.70 bits per heavy atom. The molecule has 0 radical (unpaired) electrons. The molecule has 20 heavy (non-hydrogen) atoms. The van der Waals surface area contributed by atoms with Gasteiger partial charge in [-0.2, -0.15) is 0 Å². The van der Waals surface area contributed by atoms with E-state index in [4.69, 9.17) is 9.47 Å². The molecule has 4 nitrogen and oxygen atoms in total. The summed E-state index contributed by atoms with van der Waals surface area (Å²) < 4.78 is 10.3. The largest absolute Gasteiger partial charge is 0.508 e. The molecule has 0 bridgehead atoms. The lowest BCUT2D eigenvalue weighted by Crippen LogP contribution is -2.38. The van der Waals surface area contributed by atoms with Crippen molar-refractivity contribution in [2.24, 2.45) is 0 Å². The van der Waals surface area contributed by atoms with Gasteiger partial charge in [0.25, 0.3) is 0 Å². The summed E-state index contributed by atoms with van der Waals surface area (Å²) >= 11 is 0. The Morgan fingerprint density at radius 3 is 2.30 bits per heavy atom. The van der Waals surface area contributed by atoms with Crippen molar-refractivity contribution in [1.82, 2.24) is 4.90 Å². The molecule has 0 saturated heterocycles. The highest BCUT2D eigenvalue weighted by Crippen LogP contribution is 2.13. The molecule has 0 aliphatic rings. The zero-order valence-corrected chi connectivity index (χ0v) is 12.8. The van der Waals surface area contributed by atoms with Gasteiger partial charge in [0.15, 0.2) is 0 Å². The van der Waals surface area contributed by atoms with Crippen molar-refractivity contribution >= 4 is 0 Å². The van der Waals surface area contributed by atoms with E-state index in [1.54, 1.807) is 26.4 Å². The van der Waals surface area contributed by atoms with E-state index in [-0.39, 0.29) is 0 Å². The molecule has 1 unspecified atom stereocenters. The van der Waals surface area contributed by atoms with E-state index in [1.807, 2.05) is 12.1 Å². The third kappa shape index (κ3) is 6.37. The molecule has 1 rings (SSSR count). The fourth-order valence-electron chi connectivity index (χ4n) is 2.28. The number of rotatable bonds is 10. The second kappa shape index (κ2) is 9.75. The lowest BCUT2D eigenvalue weighted by molar-refractivity contribution is 0.111. The fourth-order valence-corrected chi connectivity index (χ4v) is 2.28. The normalized spacial score (nSPS) is 12.8. The van der Waals surface area contributed by atoms with Gasteiger partial charge >= 0.3 is 0 Å². The number of hydrogen-bond donors (Lipinski definition) is 1. The third-order valence-electron chi connectivity index (χ3n) is 3.47. The SMILES string of the molecule is COCCCN(CCOC)C(C)Cc1ccc(O)cc1. The smallest absolute Gasteiger partial charge is 0.115 e. The van der Waals surface area contributed by atoms with Gasteiger partial charge in [0.2, 0.25) is 0 Å². The Bertz CT molecular complexity index is 353. The maximum absolute atomic E-state index is 9.32. The topological polar surface area (TPSA) is 41.9 Å². The quantitative estimate of drug-likeness (QED) is 0.668. The van der Waals surface area contributed by atoms with Crippen LogP contribution in [-0.2, 0) is 15.9 Å². The lowest BCUT2D eigenvalue weighted by atomic mass is 10.1. The number of nitrogens with zero attached hydrogens (tertiary/aromatic N) is 1. The molecule has 1 atom stereocenters. The monoisotopic (exact) mass is 281 g/mol. The van der Waals surface area contributed by atoms with Gasteiger partial charge in [-0.25, -0.2) is 0 Å². The Kier molecular flexibility index (Phi) is 8.26. The molecular formula is C16H27NO3. The first kappa shape index (κ1) is 17.0. The molecule has 0 saturated carbocycles. The highest BCUT2D eigenvalue weighted by molar-refractivity contribution is 5.26. The zero-order valence-electron chi connectivity index (χ0n) is 12.8. The average molecular weight is 281 g/mol. The Morgan fingerprint density at radius 1 is 1.05 bits per heavy atom. The van der Waals surface area contributed by atoms with Crippen LogP contribution >= 0.6 is 0 Å². The highest BCUT2D eigenvalue weighted by Gasteiger charge is 2.13. The summed E-state index contributed by atoms with van der Waals surface area (Å²) in [6.45, 7) is 5.70. The van der Waals surface area contributed by atoms with Gasteiger partial charge in [-0.15, -0.1) is 0 Å². The second-order valence-corrected chi connectivity index (χ2v) is 5.09. The molecule has 0 fully saturated rings. The lowest BCUT2D eigenvalue weighted by Gasteiger charge is -2.29. The van der Waals surface area contributed by atoms with Crippen LogP contribution in [-0.4, -0.2) is 56.6 Å². The summed E-state index contributed by atoms with van der Waals surface area (Å²) in [4.78, 5) is 2.43. The van der Waals surface area contributed by atoms with Gasteiger partial charge in [-0.1, -0.05) is 12.1 Å². The van der Waals surface area contributed by atoms with Crippen LogP contribution < -0.4 is 0 Å². The van der Waals surface area contributed by atoms with Crippen molar-refractivity contribution in [3.8, 4) is 5.75 Å². The summed E-state index contributed by atoms with van der Waals surface area (Å²) in [6.07, 6.45) is 2.00. The van der Waals surface area contributed by atoms with Gasteiger partial charge in [0.1, 0.15) is 5.75 Å². The molecule has 0 spiro atoms. The van der Waals surface area contributed by atoms with Gasteiger partial charge in [0, 0.05) is 40.0 Å². The second-order valence-electron chi connectivity index (χ2n) is 5.09. The number of methoxy groups -OCH3 is 2. The first-order valence-electron chi connectivity index (χ1n) is 7.17. The van der Waals surface area contributed by atoms with Gasteiger partial charge in [-0.3, -0.25) is 4.90 Å². The van der Waals surface area contributed by atoms with Crippen molar-refractivity contribution < 1.29 is 14.6 Å². The van der Waals surface area contributed by atoms with Gasteiger partial charge < -0.3 is 14.6 Å². The van der Waals surface area contributed by atoms with Gasteiger partial charge in [-0.05, 0) is 37.5 Å². The predicted octanol–water partition coefficient (Wildman–Crippen LogP) is 2.31. The van der Waals surface area contributed by atoms with E-state index in [0.717, 1.165) is 39.1 Å². The van der Waals surface area contributed by atoms with Crippen molar-refractivity contribution in [3.63, 3.8) is 0 Å². The summed E-state index contributed by atoms with van der Waals surface area (Å²) in [5, 5.41) is 9.32. The molecule has 0 heterocycles. The van der Waals surface area contributed by atoms with Crippen LogP contribution in [0, 0.1) is 0 Å². The van der Waals surface area contributed by atoms with Crippen LogP contribution in [0.15, 0.2) is 24.3 Å². The van der Waals surface area contributed by atoms with Gasteiger partial charge in [0.05, 0.1) is 6.61 Å². The molecule has 1 aromatic rings. The molecule has 0 aliphatic carbocycles. The number of benzene rings is 1.